The minimum absolute atomic E-state index is 0.263. The number of hydrogen-bond acceptors (Lipinski definition) is 5. The molecule has 0 radical (unpaired) electrons. The summed E-state index contributed by atoms with van der Waals surface area (Å²) in [6, 6.07) is 0.398. The Balaban J connectivity index is 1.53. The van der Waals surface area contributed by atoms with Gasteiger partial charge in [0, 0.05) is 63.9 Å². The van der Waals surface area contributed by atoms with E-state index in [4.69, 9.17) is 4.74 Å². The van der Waals surface area contributed by atoms with Crippen LogP contribution >= 0.6 is 11.8 Å². The number of nitrogens with one attached hydrogen (secondary N) is 2. The normalized spacial score (nSPS) is 23.3. The van der Waals surface area contributed by atoms with E-state index in [1.54, 1.807) is 0 Å². The highest BCUT2D eigenvalue weighted by Crippen LogP contribution is 2.34. The minimum atomic E-state index is 0.263. The molecule has 2 N–H and O–H groups in total. The molecular formula is C19H34N6OS. The third kappa shape index (κ3) is 5.54. The van der Waals surface area contributed by atoms with Crippen molar-refractivity contribution in [2.45, 2.75) is 43.4 Å². The molecule has 0 amide bonds. The van der Waals surface area contributed by atoms with E-state index < -0.39 is 0 Å². The Labute approximate surface area is 167 Å². The molecular weight excluding hydrogens is 360 g/mol. The lowest BCUT2D eigenvalue weighted by atomic mass is 9.99. The first-order valence-corrected chi connectivity index (χ1v) is 11.1. The maximum absolute atomic E-state index is 5.58. The molecule has 152 valence electrons. The molecule has 3 heterocycles. The van der Waals surface area contributed by atoms with Gasteiger partial charge in [-0.2, -0.15) is 16.9 Å². The van der Waals surface area contributed by atoms with Gasteiger partial charge in [0.25, 0.3) is 0 Å². The third-order valence-corrected chi connectivity index (χ3v) is 6.93. The lowest BCUT2D eigenvalue weighted by Gasteiger charge is -2.38. The first kappa shape index (κ1) is 20.3. The van der Waals surface area contributed by atoms with Crippen LogP contribution < -0.4 is 15.5 Å². The molecule has 0 bridgehead atoms. The Kier molecular flexibility index (Phi) is 7.29. The Hall–Kier alpha value is -1.41. The number of hydrogen-bond donors (Lipinski definition) is 2. The van der Waals surface area contributed by atoms with Crippen molar-refractivity contribution in [3.05, 3.63) is 12.4 Å². The Morgan fingerprint density at radius 3 is 2.93 bits per heavy atom. The van der Waals surface area contributed by atoms with Crippen LogP contribution in [0.2, 0.25) is 0 Å². The molecule has 1 aromatic heterocycles. The SMILES string of the molecule is CCSC1(CNC(=NC)NC2CCCN(c3cnn(C)c3)C2)CCOCC1. The molecule has 2 fully saturated rings. The van der Waals surface area contributed by atoms with Crippen LogP contribution in [0.1, 0.15) is 32.6 Å². The van der Waals surface area contributed by atoms with Gasteiger partial charge in [-0.25, -0.2) is 0 Å². The molecule has 0 spiro atoms. The van der Waals surface area contributed by atoms with Gasteiger partial charge in [0.1, 0.15) is 0 Å². The molecule has 1 aromatic rings. The van der Waals surface area contributed by atoms with Gasteiger partial charge in [-0.15, -0.1) is 0 Å². The van der Waals surface area contributed by atoms with E-state index in [0.29, 0.717) is 6.04 Å². The molecule has 2 aliphatic heterocycles. The van der Waals surface area contributed by atoms with Gasteiger partial charge < -0.3 is 20.3 Å². The van der Waals surface area contributed by atoms with Crippen LogP contribution in [0.3, 0.4) is 0 Å². The molecule has 1 unspecified atom stereocenters. The van der Waals surface area contributed by atoms with Crippen molar-refractivity contribution >= 4 is 23.4 Å². The van der Waals surface area contributed by atoms with Crippen LogP contribution in [0.4, 0.5) is 5.69 Å². The van der Waals surface area contributed by atoms with Gasteiger partial charge in [0.05, 0.1) is 11.9 Å². The topological polar surface area (TPSA) is 66.7 Å². The Morgan fingerprint density at radius 2 is 2.26 bits per heavy atom. The first-order valence-electron chi connectivity index (χ1n) is 10.1. The van der Waals surface area contributed by atoms with Gasteiger partial charge in [-0.05, 0) is 31.4 Å². The predicted molar refractivity (Wildman–Crippen MR) is 114 cm³/mol. The fraction of sp³-hybridized carbons (Fsp3) is 0.789. The number of aliphatic imine (C=N–C) groups is 1. The Bertz CT molecular complexity index is 608. The summed E-state index contributed by atoms with van der Waals surface area (Å²) >= 11 is 2.06. The van der Waals surface area contributed by atoms with Crippen LogP contribution in [-0.2, 0) is 11.8 Å². The number of aryl methyl sites for hydroxylation is 1. The van der Waals surface area contributed by atoms with Crippen molar-refractivity contribution in [1.82, 2.24) is 20.4 Å². The second kappa shape index (κ2) is 9.68. The quantitative estimate of drug-likeness (QED) is 0.567. The van der Waals surface area contributed by atoms with Crippen molar-refractivity contribution in [3.8, 4) is 0 Å². The average Bonchev–Trinajstić information content (AvgIpc) is 3.13. The zero-order valence-corrected chi connectivity index (χ0v) is 17.7. The van der Waals surface area contributed by atoms with Crippen LogP contribution in [0, 0.1) is 0 Å². The molecule has 1 atom stereocenters. The lowest BCUT2D eigenvalue weighted by Crippen LogP contribution is -2.54. The van der Waals surface area contributed by atoms with E-state index >= 15 is 0 Å². The van der Waals surface area contributed by atoms with Crippen LogP contribution in [-0.4, -0.2) is 72.2 Å². The standard InChI is InChI=1S/C19H34N6OS/c1-4-27-19(7-10-26-11-8-19)15-21-18(20-2)23-16-6-5-9-25(13-16)17-12-22-24(3)14-17/h12,14,16H,4-11,13,15H2,1-3H3,(H2,20,21,23). The van der Waals surface area contributed by atoms with Gasteiger partial charge >= 0.3 is 0 Å². The number of anilines is 1. The molecule has 3 rings (SSSR count). The summed E-state index contributed by atoms with van der Waals surface area (Å²) in [5, 5.41) is 11.5. The van der Waals surface area contributed by atoms with Crippen molar-refractivity contribution in [1.29, 1.82) is 0 Å². The summed E-state index contributed by atoms with van der Waals surface area (Å²) < 4.78 is 7.71. The zero-order chi connectivity index (χ0) is 19.1. The molecule has 0 saturated carbocycles. The van der Waals surface area contributed by atoms with Crippen LogP contribution in [0.5, 0.6) is 0 Å². The van der Waals surface area contributed by atoms with Gasteiger partial charge in [-0.3, -0.25) is 9.67 Å². The molecule has 0 aromatic carbocycles. The van der Waals surface area contributed by atoms with Crippen molar-refractivity contribution in [2.75, 3.05) is 50.5 Å². The summed E-state index contributed by atoms with van der Waals surface area (Å²) in [5.41, 5.74) is 1.20. The lowest BCUT2D eigenvalue weighted by molar-refractivity contribution is 0.0782. The summed E-state index contributed by atoms with van der Waals surface area (Å²) in [6.07, 6.45) is 8.59. The third-order valence-electron chi connectivity index (χ3n) is 5.47. The monoisotopic (exact) mass is 394 g/mol. The Morgan fingerprint density at radius 1 is 1.44 bits per heavy atom. The summed E-state index contributed by atoms with van der Waals surface area (Å²) in [4.78, 5) is 6.89. The fourth-order valence-corrected chi connectivity index (χ4v) is 5.20. The zero-order valence-electron chi connectivity index (χ0n) is 16.9. The number of nitrogens with zero attached hydrogens (tertiary/aromatic N) is 4. The highest BCUT2D eigenvalue weighted by molar-refractivity contribution is 8.00. The second-order valence-corrected chi connectivity index (χ2v) is 9.19. The largest absolute Gasteiger partial charge is 0.381 e. The number of guanidine groups is 1. The molecule has 2 aliphatic rings. The number of ether oxygens (including phenoxy) is 1. The van der Waals surface area contributed by atoms with E-state index in [2.05, 4.69) is 50.5 Å². The minimum Gasteiger partial charge on any atom is -0.381 e. The fourth-order valence-electron chi connectivity index (χ4n) is 3.96. The van der Waals surface area contributed by atoms with E-state index in [1.807, 2.05) is 25.0 Å². The molecule has 2 saturated heterocycles. The predicted octanol–water partition coefficient (Wildman–Crippen LogP) is 1.86. The highest BCUT2D eigenvalue weighted by atomic mass is 32.2. The van der Waals surface area contributed by atoms with E-state index in [-0.39, 0.29) is 4.75 Å². The van der Waals surface area contributed by atoms with Crippen LogP contribution in [0.15, 0.2) is 17.4 Å². The van der Waals surface area contributed by atoms with Gasteiger partial charge in [0.2, 0.25) is 0 Å². The van der Waals surface area contributed by atoms with Gasteiger partial charge in [-0.1, -0.05) is 6.92 Å². The molecule has 7 nitrogen and oxygen atoms in total. The highest BCUT2D eigenvalue weighted by Gasteiger charge is 2.33. The first-order chi connectivity index (χ1) is 13.1. The maximum atomic E-state index is 5.58. The van der Waals surface area contributed by atoms with Crippen molar-refractivity contribution in [3.63, 3.8) is 0 Å². The van der Waals surface area contributed by atoms with E-state index in [0.717, 1.165) is 57.4 Å². The van der Waals surface area contributed by atoms with Crippen LogP contribution in [0.25, 0.3) is 0 Å². The second-order valence-electron chi connectivity index (χ2n) is 7.46. The maximum Gasteiger partial charge on any atom is 0.191 e. The number of piperidine rings is 1. The summed E-state index contributed by atoms with van der Waals surface area (Å²) in [6.45, 7) is 6.98. The summed E-state index contributed by atoms with van der Waals surface area (Å²) in [5.74, 6) is 2.05. The van der Waals surface area contributed by atoms with Gasteiger partial charge in [0.15, 0.2) is 5.96 Å². The smallest absolute Gasteiger partial charge is 0.191 e. The number of thioether (sulfide) groups is 1. The molecule has 8 heteroatoms. The van der Waals surface area contributed by atoms with Crippen molar-refractivity contribution < 1.29 is 4.74 Å². The molecule has 27 heavy (non-hydrogen) atoms. The summed E-state index contributed by atoms with van der Waals surface area (Å²) in [7, 11) is 3.83. The average molecular weight is 395 g/mol. The molecule has 0 aliphatic carbocycles. The van der Waals surface area contributed by atoms with E-state index in [1.165, 1.54) is 18.5 Å². The van der Waals surface area contributed by atoms with E-state index in [9.17, 15) is 0 Å². The van der Waals surface area contributed by atoms with Crippen molar-refractivity contribution in [2.24, 2.45) is 12.0 Å². The number of aromatic nitrogens is 2. The number of rotatable bonds is 6.